The average Bonchev–Trinajstić information content (AvgIpc) is 3.77. The number of pyridine rings is 1. The number of piperidine rings is 1. The average molecular weight is 720 g/mol. The molecule has 1 aliphatic heterocycles. The second-order valence-electron chi connectivity index (χ2n) is 15.4. The molecule has 2 aliphatic rings. The molecule has 7 rings (SSSR count). The molecule has 3 unspecified atom stereocenters. The van der Waals surface area contributed by atoms with E-state index in [-0.39, 0.29) is 23.6 Å². The lowest BCUT2D eigenvalue weighted by molar-refractivity contribution is 0.171. The smallest absolute Gasteiger partial charge is 0.320 e. The van der Waals surface area contributed by atoms with Gasteiger partial charge in [-0.2, -0.15) is 5.10 Å². The number of nitrogens with one attached hydrogen (secondary N) is 2. The predicted octanol–water partition coefficient (Wildman–Crippen LogP) is 7.70. The van der Waals surface area contributed by atoms with Crippen molar-refractivity contribution in [3.63, 3.8) is 0 Å². The van der Waals surface area contributed by atoms with Crippen LogP contribution in [0.1, 0.15) is 95.7 Å². The van der Waals surface area contributed by atoms with E-state index in [1.165, 1.54) is 6.42 Å². The van der Waals surface area contributed by atoms with Gasteiger partial charge in [-0.05, 0) is 88.0 Å². The van der Waals surface area contributed by atoms with Crippen LogP contribution < -0.4 is 25.0 Å². The number of likely N-dealkylation sites (N-methyl/N-ethyl adjacent to an activating group) is 1. The predicted molar refractivity (Wildman–Crippen MR) is 209 cm³/mol. The van der Waals surface area contributed by atoms with Gasteiger partial charge in [0.05, 0.1) is 23.6 Å². The van der Waals surface area contributed by atoms with E-state index in [0.717, 1.165) is 90.9 Å². The normalized spacial score (nSPS) is 18.9. The fourth-order valence-corrected chi connectivity index (χ4v) is 7.23. The summed E-state index contributed by atoms with van der Waals surface area (Å²) >= 11 is 0. The molecule has 2 amide bonds. The summed E-state index contributed by atoms with van der Waals surface area (Å²) in [4.78, 5) is 18.3. The van der Waals surface area contributed by atoms with Gasteiger partial charge < -0.3 is 24.6 Å². The Labute approximate surface area is 312 Å². The summed E-state index contributed by atoms with van der Waals surface area (Å²) in [6.45, 7) is 14.1. The molecule has 0 radical (unpaired) electrons. The van der Waals surface area contributed by atoms with Crippen LogP contribution in [-0.4, -0.2) is 74.6 Å². The van der Waals surface area contributed by atoms with Gasteiger partial charge in [0.25, 0.3) is 0 Å². The Hall–Kier alpha value is -5.10. The van der Waals surface area contributed by atoms with Gasteiger partial charge in [0, 0.05) is 36.7 Å². The number of hydrogen-bond donors (Lipinski definition) is 2. The van der Waals surface area contributed by atoms with Gasteiger partial charge >= 0.3 is 6.03 Å². The number of carbonyl (C=O) groups is 1. The largest absolute Gasteiger partial charge is 0.492 e. The van der Waals surface area contributed by atoms with Crippen molar-refractivity contribution in [3.8, 4) is 17.2 Å². The Kier molecular flexibility index (Phi) is 10.6. The molecule has 1 fully saturated rings. The van der Waals surface area contributed by atoms with Crippen LogP contribution in [0.25, 0.3) is 11.3 Å². The minimum atomic E-state index is -0.293. The van der Waals surface area contributed by atoms with E-state index in [1.54, 1.807) is 4.68 Å². The van der Waals surface area contributed by atoms with Crippen molar-refractivity contribution in [2.75, 3.05) is 43.5 Å². The van der Waals surface area contributed by atoms with Crippen LogP contribution in [0.4, 0.5) is 16.6 Å². The molecule has 12 nitrogen and oxygen atoms in total. The monoisotopic (exact) mass is 719 g/mol. The van der Waals surface area contributed by atoms with Crippen molar-refractivity contribution < 1.29 is 14.3 Å². The van der Waals surface area contributed by atoms with Crippen molar-refractivity contribution >= 4 is 23.4 Å². The van der Waals surface area contributed by atoms with E-state index in [1.807, 2.05) is 65.2 Å². The zero-order valence-electron chi connectivity index (χ0n) is 31.9. The number of aromatic nitrogens is 5. The van der Waals surface area contributed by atoms with E-state index in [0.29, 0.717) is 18.5 Å². The molecule has 1 saturated heterocycles. The molecule has 12 heteroatoms. The summed E-state index contributed by atoms with van der Waals surface area (Å²) in [6, 6.07) is 21.9. The van der Waals surface area contributed by atoms with Crippen molar-refractivity contribution in [1.29, 1.82) is 0 Å². The first kappa shape index (κ1) is 36.3. The molecule has 5 aromatic rings. The molecule has 2 N–H and O–H groups in total. The quantitative estimate of drug-likeness (QED) is 0.143. The Morgan fingerprint density at radius 1 is 0.962 bits per heavy atom. The highest BCUT2D eigenvalue weighted by molar-refractivity contribution is 5.89. The van der Waals surface area contributed by atoms with Gasteiger partial charge in [-0.3, -0.25) is 9.72 Å². The number of carbonyl (C=O) groups excluding carboxylic acids is 1. The molecular formula is C41H53N9O3. The van der Waals surface area contributed by atoms with Crippen molar-refractivity contribution in [3.05, 3.63) is 89.7 Å². The maximum absolute atomic E-state index is 13.7. The molecule has 280 valence electrons. The highest BCUT2D eigenvalue weighted by atomic mass is 16.5. The molecule has 0 saturated carbocycles. The van der Waals surface area contributed by atoms with Crippen LogP contribution in [-0.2, 0) is 5.41 Å². The number of hydrogen-bond acceptors (Lipinski definition) is 8. The number of benzene rings is 2. The van der Waals surface area contributed by atoms with E-state index in [2.05, 4.69) is 84.4 Å². The lowest BCUT2D eigenvalue weighted by atomic mass is 9.85. The fourth-order valence-electron chi connectivity index (χ4n) is 7.23. The fraction of sp³-hybridized carbons (Fsp3) is 0.463. The highest BCUT2D eigenvalue weighted by Crippen LogP contribution is 2.39. The first-order valence-corrected chi connectivity index (χ1v) is 19.0. The first-order chi connectivity index (χ1) is 25.6. The maximum Gasteiger partial charge on any atom is 0.320 e. The molecule has 1 aliphatic carbocycles. The van der Waals surface area contributed by atoms with Gasteiger partial charge in [-0.1, -0.05) is 58.0 Å². The minimum absolute atomic E-state index is 0.161. The molecule has 3 aromatic heterocycles. The maximum atomic E-state index is 13.7. The summed E-state index contributed by atoms with van der Waals surface area (Å²) in [5.74, 6) is 2.97. The number of rotatable bonds is 11. The molecule has 2 aromatic carbocycles. The second kappa shape index (κ2) is 15.5. The van der Waals surface area contributed by atoms with Crippen LogP contribution in [0.3, 0.4) is 0 Å². The highest BCUT2D eigenvalue weighted by Gasteiger charge is 2.31. The van der Waals surface area contributed by atoms with Crippen LogP contribution in [0, 0.1) is 0 Å². The van der Waals surface area contributed by atoms with E-state index < -0.39 is 0 Å². The summed E-state index contributed by atoms with van der Waals surface area (Å²) in [7, 11) is 2.07. The molecule has 4 heterocycles. The van der Waals surface area contributed by atoms with Crippen molar-refractivity contribution in [1.82, 2.24) is 34.6 Å². The van der Waals surface area contributed by atoms with Crippen LogP contribution in [0.5, 0.6) is 11.5 Å². The Balaban J connectivity index is 1.06. The first-order valence-electron chi connectivity index (χ1n) is 19.0. The van der Waals surface area contributed by atoms with Gasteiger partial charge in [-0.25, -0.2) is 9.48 Å². The SMILES string of the molecule is CCN(C)CCOc1cccc(-n2nc(C(C)(C)C)cc2NC(=O)NC2CCC(Oc3ccc4nnc(N5CCCCC5C)n4c3)c3ccccc32)c1. The number of anilines is 2. The standard InChI is InChI=1S/C41H53N9O3/c1-7-47(6)23-24-52-30-15-12-14-29(25-30)50-38(26-36(46-50)41(3,4)5)43-39(51)42-34-19-20-35(33-17-9-8-16-32(33)34)53-31-18-21-37-44-45-40(49(37)27-31)48-22-11-10-13-28(48)2/h8-9,12,14-18,21,25-28,34-35H,7,10-11,13,19-20,22-24H2,1-6H3,(H2,42,43,51). The molecule has 0 bridgehead atoms. The zero-order chi connectivity index (χ0) is 37.1. The number of nitrogens with zero attached hydrogens (tertiary/aromatic N) is 7. The van der Waals surface area contributed by atoms with Gasteiger partial charge in [-0.15, -0.1) is 10.2 Å². The molecular weight excluding hydrogens is 667 g/mol. The van der Waals surface area contributed by atoms with Crippen LogP contribution >= 0.6 is 0 Å². The third kappa shape index (κ3) is 8.12. The minimum Gasteiger partial charge on any atom is -0.492 e. The Morgan fingerprint density at radius 2 is 1.79 bits per heavy atom. The summed E-state index contributed by atoms with van der Waals surface area (Å²) < 4.78 is 16.6. The summed E-state index contributed by atoms with van der Waals surface area (Å²) in [5, 5.41) is 20.3. The molecule has 0 spiro atoms. The number of fused-ring (bicyclic) bond motifs is 2. The van der Waals surface area contributed by atoms with Gasteiger partial charge in [0.15, 0.2) is 5.65 Å². The van der Waals surface area contributed by atoms with Crippen LogP contribution in [0.2, 0.25) is 0 Å². The van der Waals surface area contributed by atoms with Crippen molar-refractivity contribution in [2.24, 2.45) is 0 Å². The number of ether oxygens (including phenoxy) is 2. The third-order valence-corrected chi connectivity index (χ3v) is 10.5. The third-order valence-electron chi connectivity index (χ3n) is 10.5. The Morgan fingerprint density at radius 3 is 2.58 bits per heavy atom. The molecule has 3 atom stereocenters. The lowest BCUT2D eigenvalue weighted by Crippen LogP contribution is -2.38. The van der Waals surface area contributed by atoms with Crippen molar-refractivity contribution in [2.45, 2.75) is 90.3 Å². The molecule has 53 heavy (non-hydrogen) atoms. The lowest BCUT2D eigenvalue weighted by Gasteiger charge is -2.33. The van der Waals surface area contributed by atoms with E-state index >= 15 is 0 Å². The zero-order valence-corrected chi connectivity index (χ0v) is 31.9. The van der Waals surface area contributed by atoms with E-state index in [9.17, 15) is 4.79 Å². The van der Waals surface area contributed by atoms with Gasteiger partial charge in [0.1, 0.15) is 30.0 Å². The van der Waals surface area contributed by atoms with E-state index in [4.69, 9.17) is 14.6 Å². The topological polar surface area (TPSA) is 114 Å². The number of amides is 2. The Bertz CT molecular complexity index is 2030. The summed E-state index contributed by atoms with van der Waals surface area (Å²) in [5.41, 5.74) is 4.38. The summed E-state index contributed by atoms with van der Waals surface area (Å²) in [6.07, 6.45) is 6.86. The number of urea groups is 1. The van der Waals surface area contributed by atoms with Gasteiger partial charge in [0.2, 0.25) is 5.95 Å². The van der Waals surface area contributed by atoms with Crippen LogP contribution in [0.15, 0.2) is 72.9 Å². The second-order valence-corrected chi connectivity index (χ2v) is 15.4.